The van der Waals surface area contributed by atoms with E-state index in [9.17, 15) is 17.6 Å². The summed E-state index contributed by atoms with van der Waals surface area (Å²) in [5.74, 6) is 0.418. The largest absolute Gasteiger partial charge is 0.467 e. The van der Waals surface area contributed by atoms with E-state index in [0.717, 1.165) is 37.5 Å². The number of benzene rings is 1. The Morgan fingerprint density at radius 2 is 1.76 bits per heavy atom. The SMILES string of the molecule is FC(F)C(F)(F)Oc1ccc([C@H](c2ccco2)N2CCNCC2)cc1. The molecule has 1 aliphatic heterocycles. The topological polar surface area (TPSA) is 37.6 Å². The van der Waals surface area contributed by atoms with Crippen molar-refractivity contribution in [3.8, 4) is 5.75 Å². The van der Waals surface area contributed by atoms with Gasteiger partial charge in [-0.2, -0.15) is 17.6 Å². The first kappa shape index (κ1) is 17.8. The summed E-state index contributed by atoms with van der Waals surface area (Å²) >= 11 is 0. The molecule has 4 nitrogen and oxygen atoms in total. The molecule has 0 bridgehead atoms. The second kappa shape index (κ2) is 7.45. The summed E-state index contributed by atoms with van der Waals surface area (Å²) in [6.45, 7) is 3.26. The number of halogens is 4. The number of nitrogens with zero attached hydrogens (tertiary/aromatic N) is 1. The van der Waals surface area contributed by atoms with Gasteiger partial charge in [-0.3, -0.25) is 4.90 Å². The third-order valence-corrected chi connectivity index (χ3v) is 4.03. The zero-order valence-corrected chi connectivity index (χ0v) is 13.3. The highest BCUT2D eigenvalue weighted by molar-refractivity contribution is 5.33. The van der Waals surface area contributed by atoms with E-state index in [0.29, 0.717) is 0 Å². The third-order valence-electron chi connectivity index (χ3n) is 4.03. The minimum Gasteiger partial charge on any atom is -0.467 e. The van der Waals surface area contributed by atoms with Crippen molar-refractivity contribution in [3.63, 3.8) is 0 Å². The van der Waals surface area contributed by atoms with Gasteiger partial charge in [0, 0.05) is 26.2 Å². The average molecular weight is 358 g/mol. The molecule has 3 rings (SSSR count). The molecule has 1 saturated heterocycles. The first-order valence-electron chi connectivity index (χ1n) is 7.90. The standard InChI is InChI=1S/C17H18F4N2O2/c18-16(19)17(20,21)25-13-5-3-12(4-6-13)15(14-2-1-11-24-14)23-9-7-22-8-10-23/h1-6,11,15-16,22H,7-10H2/t15-/m1/s1. The highest BCUT2D eigenvalue weighted by Gasteiger charge is 2.44. The number of rotatable bonds is 6. The number of furan rings is 1. The lowest BCUT2D eigenvalue weighted by molar-refractivity contribution is -0.253. The molecule has 136 valence electrons. The van der Waals surface area contributed by atoms with Crippen molar-refractivity contribution in [2.75, 3.05) is 26.2 Å². The molecule has 0 radical (unpaired) electrons. The fourth-order valence-corrected chi connectivity index (χ4v) is 2.86. The van der Waals surface area contributed by atoms with Gasteiger partial charge in [0.25, 0.3) is 0 Å². The Labute approximate surface area is 142 Å². The molecule has 0 saturated carbocycles. The molecule has 0 spiro atoms. The van der Waals surface area contributed by atoms with Crippen molar-refractivity contribution in [1.82, 2.24) is 10.2 Å². The quantitative estimate of drug-likeness (QED) is 0.802. The van der Waals surface area contributed by atoms with Crippen molar-refractivity contribution in [3.05, 3.63) is 54.0 Å². The van der Waals surface area contributed by atoms with Gasteiger partial charge in [0.15, 0.2) is 0 Å². The number of hydrogen-bond acceptors (Lipinski definition) is 4. The van der Waals surface area contributed by atoms with E-state index in [2.05, 4.69) is 15.0 Å². The number of hydrogen-bond donors (Lipinski definition) is 1. The molecule has 2 heterocycles. The Morgan fingerprint density at radius 1 is 1.08 bits per heavy atom. The van der Waals surface area contributed by atoms with Crippen LogP contribution < -0.4 is 10.1 Å². The molecule has 1 aromatic carbocycles. The van der Waals surface area contributed by atoms with Crippen LogP contribution in [0.3, 0.4) is 0 Å². The van der Waals surface area contributed by atoms with Crippen molar-refractivity contribution in [2.24, 2.45) is 0 Å². The van der Waals surface area contributed by atoms with Gasteiger partial charge in [0.1, 0.15) is 11.5 Å². The van der Waals surface area contributed by atoms with E-state index in [1.807, 2.05) is 6.07 Å². The fraction of sp³-hybridized carbons (Fsp3) is 0.412. The summed E-state index contributed by atoms with van der Waals surface area (Å²) in [6.07, 6.45) is -6.82. The maximum absolute atomic E-state index is 13.0. The Morgan fingerprint density at radius 3 is 2.32 bits per heavy atom. The van der Waals surface area contributed by atoms with Gasteiger partial charge in [0.05, 0.1) is 12.3 Å². The Balaban J connectivity index is 1.82. The Hall–Kier alpha value is -2.06. The van der Waals surface area contributed by atoms with Crippen molar-refractivity contribution in [2.45, 2.75) is 18.6 Å². The zero-order chi connectivity index (χ0) is 17.9. The molecule has 1 atom stereocenters. The van der Waals surface area contributed by atoms with Crippen molar-refractivity contribution >= 4 is 0 Å². The summed E-state index contributed by atoms with van der Waals surface area (Å²) in [7, 11) is 0. The second-order valence-corrected chi connectivity index (χ2v) is 5.74. The highest BCUT2D eigenvalue weighted by Crippen LogP contribution is 2.32. The minimum absolute atomic E-state index is 0.179. The van der Waals surface area contributed by atoms with Crippen LogP contribution in [-0.4, -0.2) is 43.6 Å². The van der Waals surface area contributed by atoms with E-state index in [4.69, 9.17) is 4.42 Å². The van der Waals surface area contributed by atoms with E-state index in [1.54, 1.807) is 24.5 Å². The monoisotopic (exact) mass is 358 g/mol. The maximum atomic E-state index is 13.0. The summed E-state index contributed by atoms with van der Waals surface area (Å²) in [6, 6.07) is 9.17. The van der Waals surface area contributed by atoms with Gasteiger partial charge in [-0.05, 0) is 29.8 Å². The highest BCUT2D eigenvalue weighted by atomic mass is 19.3. The molecule has 0 aliphatic carbocycles. The van der Waals surface area contributed by atoms with Gasteiger partial charge < -0.3 is 14.5 Å². The summed E-state index contributed by atoms with van der Waals surface area (Å²) in [5, 5.41) is 3.27. The first-order chi connectivity index (χ1) is 12.0. The van der Waals surface area contributed by atoms with Crippen LogP contribution in [0.15, 0.2) is 47.1 Å². The van der Waals surface area contributed by atoms with E-state index < -0.39 is 12.5 Å². The van der Waals surface area contributed by atoms with E-state index >= 15 is 0 Å². The smallest absolute Gasteiger partial charge is 0.461 e. The lowest BCUT2D eigenvalue weighted by atomic mass is 10.0. The maximum Gasteiger partial charge on any atom is 0.461 e. The molecule has 1 aliphatic rings. The van der Waals surface area contributed by atoms with E-state index in [-0.39, 0.29) is 11.8 Å². The lowest BCUT2D eigenvalue weighted by Gasteiger charge is -2.34. The molecule has 2 aromatic rings. The van der Waals surface area contributed by atoms with Crippen molar-refractivity contribution < 1.29 is 26.7 Å². The molecule has 0 amide bonds. The number of ether oxygens (including phenoxy) is 1. The number of nitrogens with one attached hydrogen (secondary N) is 1. The number of alkyl halides is 4. The fourth-order valence-electron chi connectivity index (χ4n) is 2.86. The summed E-state index contributed by atoms with van der Waals surface area (Å²) < 4.78 is 60.1. The van der Waals surface area contributed by atoms with Crippen LogP contribution in [0.1, 0.15) is 17.4 Å². The lowest BCUT2D eigenvalue weighted by Crippen LogP contribution is -2.45. The summed E-state index contributed by atoms with van der Waals surface area (Å²) in [5.41, 5.74) is 0.810. The van der Waals surface area contributed by atoms with Crippen LogP contribution in [0.5, 0.6) is 5.75 Å². The summed E-state index contributed by atoms with van der Waals surface area (Å²) in [4.78, 5) is 2.21. The third kappa shape index (κ3) is 4.13. The average Bonchev–Trinajstić information content (AvgIpc) is 3.11. The molecule has 1 aromatic heterocycles. The zero-order valence-electron chi connectivity index (χ0n) is 13.3. The van der Waals surface area contributed by atoms with Gasteiger partial charge in [0.2, 0.25) is 0 Å². The van der Waals surface area contributed by atoms with Gasteiger partial charge in [-0.15, -0.1) is 0 Å². The first-order valence-corrected chi connectivity index (χ1v) is 7.90. The van der Waals surface area contributed by atoms with Crippen LogP contribution in [0.25, 0.3) is 0 Å². The number of piperazine rings is 1. The Kier molecular flexibility index (Phi) is 5.29. The molecule has 8 heteroatoms. The van der Waals surface area contributed by atoms with Gasteiger partial charge >= 0.3 is 12.5 Å². The molecule has 0 unspecified atom stereocenters. The predicted molar refractivity (Wildman–Crippen MR) is 83.0 cm³/mol. The normalized spacial score (nSPS) is 17.6. The van der Waals surface area contributed by atoms with Crippen LogP contribution in [0.2, 0.25) is 0 Å². The van der Waals surface area contributed by atoms with E-state index in [1.165, 1.54) is 12.1 Å². The van der Waals surface area contributed by atoms with Gasteiger partial charge in [-0.1, -0.05) is 12.1 Å². The predicted octanol–water partition coefficient (Wildman–Crippen LogP) is 3.51. The molecular weight excluding hydrogens is 340 g/mol. The van der Waals surface area contributed by atoms with Crippen LogP contribution in [-0.2, 0) is 0 Å². The van der Waals surface area contributed by atoms with Crippen LogP contribution >= 0.6 is 0 Å². The molecule has 1 N–H and O–H groups in total. The molecule has 1 fully saturated rings. The minimum atomic E-state index is -4.51. The van der Waals surface area contributed by atoms with Crippen LogP contribution in [0, 0.1) is 0 Å². The Bertz CT molecular complexity index is 656. The van der Waals surface area contributed by atoms with Crippen molar-refractivity contribution in [1.29, 1.82) is 0 Å². The van der Waals surface area contributed by atoms with Crippen LogP contribution in [0.4, 0.5) is 17.6 Å². The van der Waals surface area contributed by atoms with Gasteiger partial charge in [-0.25, -0.2) is 0 Å². The second-order valence-electron chi connectivity index (χ2n) is 5.74. The molecular formula is C17H18F4N2O2. The molecule has 25 heavy (non-hydrogen) atoms.